The van der Waals surface area contributed by atoms with Gasteiger partial charge in [0.05, 0.1) is 11.4 Å². The number of nitrogens with zero attached hydrogens (tertiary/aromatic N) is 1. The molecule has 0 fully saturated rings. The molecule has 0 aliphatic carbocycles. The van der Waals surface area contributed by atoms with Crippen molar-refractivity contribution in [3.05, 3.63) is 77.9 Å². The van der Waals surface area contributed by atoms with Gasteiger partial charge in [-0.25, -0.2) is 4.98 Å². The number of rotatable bonds is 7. The lowest BCUT2D eigenvalue weighted by Gasteiger charge is -2.19. The third-order valence-electron chi connectivity index (χ3n) is 5.74. The van der Waals surface area contributed by atoms with E-state index in [1.807, 2.05) is 12.1 Å². The highest BCUT2D eigenvalue weighted by Crippen LogP contribution is 2.34. The molecule has 0 saturated heterocycles. The van der Waals surface area contributed by atoms with Crippen LogP contribution in [0, 0.1) is 13.8 Å². The molecule has 2 N–H and O–H groups in total. The lowest BCUT2D eigenvalue weighted by atomic mass is 10.0. The van der Waals surface area contributed by atoms with Gasteiger partial charge >= 0.3 is 0 Å². The number of carbonyl (C=O) groups is 1. The van der Waals surface area contributed by atoms with Gasteiger partial charge in [0.1, 0.15) is 13.2 Å². The molecule has 0 saturated carbocycles. The minimum Gasteiger partial charge on any atom is -0.486 e. The quantitative estimate of drug-likeness (QED) is 0.303. The number of amides is 1. The Balaban J connectivity index is 1.27. The van der Waals surface area contributed by atoms with E-state index in [0.29, 0.717) is 42.6 Å². The van der Waals surface area contributed by atoms with E-state index in [1.54, 1.807) is 17.8 Å². The Hall–Kier alpha value is -3.71. The van der Waals surface area contributed by atoms with Crippen molar-refractivity contribution >= 4 is 23.4 Å². The van der Waals surface area contributed by atoms with E-state index < -0.39 is 0 Å². The fourth-order valence-corrected chi connectivity index (χ4v) is 4.67. The zero-order valence-electron chi connectivity index (χ0n) is 19.8. The first-order valence-electron chi connectivity index (χ1n) is 11.6. The lowest BCUT2D eigenvalue weighted by Crippen LogP contribution is -2.16. The Kier molecular flexibility index (Phi) is 6.77. The van der Waals surface area contributed by atoms with Crippen LogP contribution < -0.4 is 14.8 Å². The van der Waals surface area contributed by atoms with Crippen molar-refractivity contribution in [2.45, 2.75) is 25.4 Å². The standard InChI is InChI=1S/C28H27N3O3S/c1-18-3-7-20(8-4-18)26-27(21-9-5-19(2)6-10-21)31-28(30-26)35-16-13-25(32)29-22-11-12-23-24(17-22)34-15-14-33-23/h3-12,17H,13-16H2,1-2H3,(H,29,32)(H,30,31). The Morgan fingerprint density at radius 1 is 0.914 bits per heavy atom. The molecule has 0 spiro atoms. The van der Waals surface area contributed by atoms with Crippen LogP contribution >= 0.6 is 11.8 Å². The van der Waals surface area contributed by atoms with Gasteiger partial charge in [0.15, 0.2) is 16.7 Å². The number of H-pyrrole nitrogens is 1. The maximum atomic E-state index is 12.5. The second-order valence-corrected chi connectivity index (χ2v) is 9.59. The van der Waals surface area contributed by atoms with Crippen molar-refractivity contribution in [2.24, 2.45) is 0 Å². The monoisotopic (exact) mass is 485 g/mol. The van der Waals surface area contributed by atoms with Crippen molar-refractivity contribution < 1.29 is 14.3 Å². The summed E-state index contributed by atoms with van der Waals surface area (Å²) < 4.78 is 11.1. The first kappa shape index (κ1) is 23.1. The summed E-state index contributed by atoms with van der Waals surface area (Å²) >= 11 is 1.54. The molecule has 0 atom stereocenters. The molecule has 1 aliphatic rings. The Bertz CT molecular complexity index is 1270. The normalized spacial score (nSPS) is 12.4. The van der Waals surface area contributed by atoms with Crippen LogP contribution in [0.25, 0.3) is 22.5 Å². The van der Waals surface area contributed by atoms with Crippen molar-refractivity contribution in [3.63, 3.8) is 0 Å². The number of imidazole rings is 1. The second-order valence-electron chi connectivity index (χ2n) is 8.50. The molecule has 7 heteroatoms. The number of nitrogens with one attached hydrogen (secondary N) is 2. The summed E-state index contributed by atoms with van der Waals surface area (Å²) in [4.78, 5) is 20.9. The predicted octanol–water partition coefficient (Wildman–Crippen LogP) is 6.25. The summed E-state index contributed by atoms with van der Waals surface area (Å²) in [5, 5.41) is 3.73. The first-order chi connectivity index (χ1) is 17.0. The van der Waals surface area contributed by atoms with Gasteiger partial charge in [-0.2, -0.15) is 0 Å². The highest BCUT2D eigenvalue weighted by molar-refractivity contribution is 7.99. The number of hydrogen-bond donors (Lipinski definition) is 2. The Labute approximate surface area is 209 Å². The van der Waals surface area contributed by atoms with Gasteiger partial charge in [-0.15, -0.1) is 0 Å². The van der Waals surface area contributed by atoms with E-state index in [9.17, 15) is 4.79 Å². The maximum Gasteiger partial charge on any atom is 0.225 e. The third kappa shape index (κ3) is 5.52. The number of carbonyl (C=O) groups excluding carboxylic acids is 1. The smallest absolute Gasteiger partial charge is 0.225 e. The number of benzene rings is 3. The largest absolute Gasteiger partial charge is 0.486 e. The van der Waals surface area contributed by atoms with Gasteiger partial charge in [0.25, 0.3) is 0 Å². The van der Waals surface area contributed by atoms with Crippen molar-refractivity contribution in [1.29, 1.82) is 0 Å². The molecule has 0 unspecified atom stereocenters. The van der Waals surface area contributed by atoms with E-state index in [2.05, 4.69) is 72.7 Å². The zero-order valence-corrected chi connectivity index (χ0v) is 20.6. The number of aromatic nitrogens is 2. The molecular weight excluding hydrogens is 458 g/mol. The number of thioether (sulfide) groups is 1. The zero-order chi connectivity index (χ0) is 24.2. The topological polar surface area (TPSA) is 76.2 Å². The van der Waals surface area contributed by atoms with Crippen LogP contribution in [0.4, 0.5) is 5.69 Å². The van der Waals surface area contributed by atoms with Gasteiger partial charge in [-0.3, -0.25) is 4.79 Å². The molecule has 1 amide bonds. The first-order valence-corrected chi connectivity index (χ1v) is 12.6. The molecular formula is C28H27N3O3S. The molecule has 3 aromatic carbocycles. The minimum atomic E-state index is -0.0572. The Morgan fingerprint density at radius 3 is 2.29 bits per heavy atom. The summed E-state index contributed by atoms with van der Waals surface area (Å²) in [5.41, 5.74) is 7.16. The molecule has 5 rings (SSSR count). The van der Waals surface area contributed by atoms with Gasteiger partial charge in [-0.05, 0) is 26.0 Å². The minimum absolute atomic E-state index is 0.0572. The van der Waals surface area contributed by atoms with Gasteiger partial charge < -0.3 is 19.8 Å². The van der Waals surface area contributed by atoms with Crippen LogP contribution in [-0.4, -0.2) is 34.8 Å². The van der Waals surface area contributed by atoms with Crippen LogP contribution in [0.2, 0.25) is 0 Å². The third-order valence-corrected chi connectivity index (χ3v) is 6.62. The molecule has 35 heavy (non-hydrogen) atoms. The van der Waals surface area contributed by atoms with E-state index in [1.165, 1.54) is 11.1 Å². The molecule has 4 aromatic rings. The number of aryl methyl sites for hydroxylation is 2. The number of fused-ring (bicyclic) bond motifs is 1. The molecule has 0 bridgehead atoms. The maximum absolute atomic E-state index is 12.5. The molecule has 6 nitrogen and oxygen atoms in total. The molecule has 1 aromatic heterocycles. The van der Waals surface area contributed by atoms with Crippen LogP contribution in [0.1, 0.15) is 17.5 Å². The van der Waals surface area contributed by atoms with Crippen LogP contribution in [-0.2, 0) is 4.79 Å². The summed E-state index contributed by atoms with van der Waals surface area (Å²) in [5.74, 6) is 1.91. The average molecular weight is 486 g/mol. The highest BCUT2D eigenvalue weighted by Gasteiger charge is 2.16. The highest BCUT2D eigenvalue weighted by atomic mass is 32.2. The van der Waals surface area contributed by atoms with E-state index >= 15 is 0 Å². The van der Waals surface area contributed by atoms with E-state index in [-0.39, 0.29) is 5.91 Å². The lowest BCUT2D eigenvalue weighted by molar-refractivity contribution is -0.115. The summed E-state index contributed by atoms with van der Waals surface area (Å²) in [7, 11) is 0. The number of hydrogen-bond acceptors (Lipinski definition) is 5. The fourth-order valence-electron chi connectivity index (χ4n) is 3.85. The van der Waals surface area contributed by atoms with Crippen LogP contribution in [0.5, 0.6) is 11.5 Å². The van der Waals surface area contributed by atoms with E-state index in [4.69, 9.17) is 14.5 Å². The second kappa shape index (κ2) is 10.3. The molecule has 178 valence electrons. The molecule has 1 aliphatic heterocycles. The van der Waals surface area contributed by atoms with Gasteiger partial charge in [0, 0.05) is 35.1 Å². The summed E-state index contributed by atoms with van der Waals surface area (Å²) in [6.07, 6.45) is 0.361. The van der Waals surface area contributed by atoms with Crippen molar-refractivity contribution in [2.75, 3.05) is 24.3 Å². The molecule has 0 radical (unpaired) electrons. The van der Waals surface area contributed by atoms with Crippen molar-refractivity contribution in [3.8, 4) is 34.0 Å². The summed E-state index contributed by atoms with van der Waals surface area (Å²) in [6, 6.07) is 22.2. The van der Waals surface area contributed by atoms with Gasteiger partial charge in [-0.1, -0.05) is 71.4 Å². The summed E-state index contributed by atoms with van der Waals surface area (Å²) in [6.45, 7) is 5.21. The predicted molar refractivity (Wildman–Crippen MR) is 140 cm³/mol. The SMILES string of the molecule is Cc1ccc(-c2nc(SCCC(=O)Nc3ccc4c(c3)OCCO4)[nH]c2-c2ccc(C)cc2)cc1. The Morgan fingerprint density at radius 2 is 1.57 bits per heavy atom. The number of ether oxygens (including phenoxy) is 2. The van der Waals surface area contributed by atoms with E-state index in [0.717, 1.165) is 27.7 Å². The fraction of sp³-hybridized carbons (Fsp3) is 0.214. The van der Waals surface area contributed by atoms with Crippen molar-refractivity contribution in [1.82, 2.24) is 9.97 Å². The van der Waals surface area contributed by atoms with Crippen LogP contribution in [0.15, 0.2) is 71.9 Å². The average Bonchev–Trinajstić information content (AvgIpc) is 3.29. The van der Waals surface area contributed by atoms with Gasteiger partial charge in [0.2, 0.25) is 5.91 Å². The number of aromatic amines is 1. The number of anilines is 1. The van der Waals surface area contributed by atoms with Crippen LogP contribution in [0.3, 0.4) is 0 Å². The molecule has 2 heterocycles.